The first-order valence-electron chi connectivity index (χ1n) is 9.78. The van der Waals surface area contributed by atoms with Gasteiger partial charge >= 0.3 is 0 Å². The van der Waals surface area contributed by atoms with Crippen molar-refractivity contribution >= 4 is 0 Å². The first-order chi connectivity index (χ1) is 12.7. The van der Waals surface area contributed by atoms with E-state index >= 15 is 0 Å². The van der Waals surface area contributed by atoms with Crippen molar-refractivity contribution in [2.45, 2.75) is 32.6 Å². The molecule has 0 unspecified atom stereocenters. The van der Waals surface area contributed by atoms with Crippen molar-refractivity contribution in [3.63, 3.8) is 0 Å². The van der Waals surface area contributed by atoms with Gasteiger partial charge in [-0.25, -0.2) is 11.6 Å². The van der Waals surface area contributed by atoms with E-state index in [4.69, 9.17) is 0 Å². The molecule has 3 nitrogen and oxygen atoms in total. The molecule has 0 amide bonds. The third-order valence-corrected chi connectivity index (χ3v) is 3.05. The summed E-state index contributed by atoms with van der Waals surface area (Å²) in [7, 11) is 12.1. The summed E-state index contributed by atoms with van der Waals surface area (Å²) in [6, 6.07) is 0. The number of nitrogens with zero attached hydrogens (tertiary/aromatic N) is 3. The Morgan fingerprint density at radius 1 is 0.857 bits per heavy atom. The molecule has 0 bridgehead atoms. The maximum Gasteiger partial charge on any atom is 0.0154 e. The predicted octanol–water partition coefficient (Wildman–Crippen LogP) is 5.07. The number of rotatable bonds is 9. The molecule has 0 atom stereocenters. The van der Waals surface area contributed by atoms with Gasteiger partial charge in [0.15, 0.2) is 0 Å². The SMILES string of the molecule is C=CCN(C)C.C=CCN(C)C.C=CCN(C)C.CCCCC1=[C-]CC=C1.[Zr]. The third kappa shape index (κ3) is 40.2. The molecule has 0 saturated heterocycles. The minimum absolute atomic E-state index is 0. The van der Waals surface area contributed by atoms with Crippen LogP contribution in [0, 0.1) is 6.08 Å². The van der Waals surface area contributed by atoms with E-state index in [9.17, 15) is 0 Å². The smallest absolute Gasteiger partial charge is 0.0154 e. The molecule has 0 aliphatic heterocycles. The second kappa shape index (κ2) is 28.7. The molecule has 0 spiro atoms. The molecule has 0 aromatic heterocycles. The molecule has 28 heavy (non-hydrogen) atoms. The topological polar surface area (TPSA) is 9.72 Å². The Kier molecular flexibility index (Phi) is 35.8. The van der Waals surface area contributed by atoms with Crippen molar-refractivity contribution in [1.82, 2.24) is 14.7 Å². The first-order valence-corrected chi connectivity index (χ1v) is 9.78. The Balaban J connectivity index is -0.000000139. The molecule has 0 saturated carbocycles. The van der Waals surface area contributed by atoms with E-state index in [2.05, 4.69) is 59.6 Å². The van der Waals surface area contributed by atoms with Gasteiger partial charge in [0.25, 0.3) is 0 Å². The summed E-state index contributed by atoms with van der Waals surface area (Å²) in [5.41, 5.74) is 1.41. The fraction of sp³-hybridized carbons (Fsp3) is 0.583. The van der Waals surface area contributed by atoms with Crippen LogP contribution in [0.5, 0.6) is 0 Å². The van der Waals surface area contributed by atoms with Crippen LogP contribution < -0.4 is 0 Å². The van der Waals surface area contributed by atoms with Crippen LogP contribution in [-0.2, 0) is 26.2 Å². The fourth-order valence-electron chi connectivity index (χ4n) is 1.76. The van der Waals surface area contributed by atoms with Crippen molar-refractivity contribution in [3.05, 3.63) is 61.8 Å². The summed E-state index contributed by atoms with van der Waals surface area (Å²) >= 11 is 0. The Hall–Kier alpha value is -0.537. The quantitative estimate of drug-likeness (QED) is 0.346. The summed E-state index contributed by atoms with van der Waals surface area (Å²) in [6.45, 7) is 15.8. The van der Waals surface area contributed by atoms with Crippen molar-refractivity contribution in [3.8, 4) is 0 Å². The largest absolute Gasteiger partial charge is 0.306 e. The predicted molar refractivity (Wildman–Crippen MR) is 126 cm³/mol. The van der Waals surface area contributed by atoms with E-state index in [1.807, 2.05) is 60.5 Å². The van der Waals surface area contributed by atoms with Crippen LogP contribution >= 0.6 is 0 Å². The van der Waals surface area contributed by atoms with E-state index in [-0.39, 0.29) is 26.2 Å². The van der Waals surface area contributed by atoms with Gasteiger partial charge in [0.2, 0.25) is 0 Å². The van der Waals surface area contributed by atoms with Crippen LogP contribution in [0.3, 0.4) is 0 Å². The minimum atomic E-state index is 0. The van der Waals surface area contributed by atoms with Crippen LogP contribution in [0.2, 0.25) is 0 Å². The molecule has 0 heterocycles. The summed E-state index contributed by atoms with van der Waals surface area (Å²) in [6.07, 6.45) is 18.2. The molecule has 162 valence electrons. The van der Waals surface area contributed by atoms with Gasteiger partial charge in [0, 0.05) is 45.8 Å². The minimum Gasteiger partial charge on any atom is -0.306 e. The molecular weight excluding hydrogens is 422 g/mol. The summed E-state index contributed by atoms with van der Waals surface area (Å²) < 4.78 is 0. The van der Waals surface area contributed by atoms with Gasteiger partial charge in [-0.1, -0.05) is 44.4 Å². The van der Waals surface area contributed by atoms with Crippen LogP contribution in [0.15, 0.2) is 55.7 Å². The Bertz CT molecular complexity index is 363. The zero-order valence-corrected chi connectivity index (χ0v) is 22.3. The second-order valence-corrected chi connectivity index (χ2v) is 7.06. The van der Waals surface area contributed by atoms with Crippen molar-refractivity contribution < 1.29 is 26.2 Å². The van der Waals surface area contributed by atoms with Crippen molar-refractivity contribution in [2.75, 3.05) is 61.9 Å². The van der Waals surface area contributed by atoms with Gasteiger partial charge in [-0.15, -0.1) is 26.2 Å². The molecule has 4 heteroatoms. The van der Waals surface area contributed by atoms with Crippen LogP contribution in [0.1, 0.15) is 32.6 Å². The molecule has 0 fully saturated rings. The monoisotopic (exact) mass is 466 g/mol. The number of allylic oxidation sites excluding steroid dienone is 4. The summed E-state index contributed by atoms with van der Waals surface area (Å²) in [5, 5.41) is 0. The molecule has 0 N–H and O–H groups in total. The standard InChI is InChI=1S/C9H13.3C5H11N.Zr/c1-2-3-6-9-7-4-5-8-9;3*1-4-5-6(2)3;/h4,7H,2-3,5-6H2,1H3;3*4H,1,5H2,2-3H3;/q-1;;;;. The molecule has 0 radical (unpaired) electrons. The van der Waals surface area contributed by atoms with E-state index in [0.29, 0.717) is 0 Å². The fourth-order valence-corrected chi connectivity index (χ4v) is 1.76. The summed E-state index contributed by atoms with van der Waals surface area (Å²) in [4.78, 5) is 6.19. The number of unbranched alkanes of at least 4 members (excludes halogenated alkanes) is 1. The van der Waals surface area contributed by atoms with Crippen LogP contribution in [-0.4, -0.2) is 76.6 Å². The Labute approximate surface area is 196 Å². The molecule has 1 aliphatic carbocycles. The maximum atomic E-state index is 3.56. The number of hydrogen-bond donors (Lipinski definition) is 0. The molecule has 0 aromatic rings. The zero-order chi connectivity index (χ0) is 21.5. The van der Waals surface area contributed by atoms with Gasteiger partial charge in [0.05, 0.1) is 0 Å². The van der Waals surface area contributed by atoms with Crippen LogP contribution in [0.25, 0.3) is 0 Å². The second-order valence-electron chi connectivity index (χ2n) is 7.06. The number of hydrogen-bond acceptors (Lipinski definition) is 3. The molecule has 0 aromatic carbocycles. The van der Waals surface area contributed by atoms with Gasteiger partial charge in [-0.2, -0.15) is 6.08 Å². The Morgan fingerprint density at radius 2 is 1.25 bits per heavy atom. The third-order valence-electron chi connectivity index (χ3n) is 3.05. The van der Waals surface area contributed by atoms with Crippen molar-refractivity contribution in [2.24, 2.45) is 0 Å². The zero-order valence-electron chi connectivity index (χ0n) is 19.8. The van der Waals surface area contributed by atoms with Gasteiger partial charge in [-0.3, -0.25) is 6.08 Å². The van der Waals surface area contributed by atoms with E-state index in [1.165, 1.54) is 24.8 Å². The normalized spacial score (nSPS) is 11.1. The molecule has 1 aliphatic rings. The first kappa shape index (κ1) is 34.9. The van der Waals surface area contributed by atoms with Crippen molar-refractivity contribution in [1.29, 1.82) is 0 Å². The van der Waals surface area contributed by atoms with Gasteiger partial charge in [-0.05, 0) is 42.3 Å². The van der Waals surface area contributed by atoms with Crippen LogP contribution in [0.4, 0.5) is 0 Å². The molecular formula is C24H46N3Zr-. The van der Waals surface area contributed by atoms with Gasteiger partial charge in [0.1, 0.15) is 0 Å². The Morgan fingerprint density at radius 3 is 1.43 bits per heavy atom. The average molecular weight is 468 g/mol. The number of likely N-dealkylation sites (N-methyl/N-ethyl adjacent to an activating group) is 3. The maximum absolute atomic E-state index is 3.56. The van der Waals surface area contributed by atoms with Gasteiger partial charge < -0.3 is 14.7 Å². The molecule has 1 rings (SSSR count). The van der Waals surface area contributed by atoms with E-state index < -0.39 is 0 Å². The van der Waals surface area contributed by atoms with E-state index in [0.717, 1.165) is 26.1 Å². The average Bonchev–Trinajstić information content (AvgIpc) is 3.07. The summed E-state index contributed by atoms with van der Waals surface area (Å²) in [5.74, 6) is 0. The van der Waals surface area contributed by atoms with E-state index in [1.54, 1.807) is 0 Å².